The Morgan fingerprint density at radius 3 is 2.53 bits per heavy atom. The second kappa shape index (κ2) is 7.75. The number of aliphatic carboxylic acids is 1. The summed E-state index contributed by atoms with van der Waals surface area (Å²) in [6.45, 7) is 6.05. The molecule has 1 fully saturated rings. The van der Waals surface area contributed by atoms with Gasteiger partial charge in [0.2, 0.25) is 0 Å². The van der Waals surface area contributed by atoms with Crippen molar-refractivity contribution in [1.29, 1.82) is 0 Å². The number of rotatable bonds is 4. The van der Waals surface area contributed by atoms with E-state index >= 15 is 0 Å². The topological polar surface area (TPSA) is 76.1 Å². The van der Waals surface area contributed by atoms with Crippen molar-refractivity contribution in [1.82, 2.24) is 0 Å². The molecule has 0 aromatic rings. The van der Waals surface area contributed by atoms with Crippen molar-refractivity contribution in [2.75, 3.05) is 13.2 Å². The maximum absolute atomic E-state index is 10.7. The highest BCUT2D eigenvalue weighted by Crippen LogP contribution is 2.08. The quantitative estimate of drug-likeness (QED) is 0.323. The molecule has 1 N–H and O–H groups in total. The van der Waals surface area contributed by atoms with Crippen molar-refractivity contribution in [2.45, 2.75) is 13.0 Å². The standard InChI is InChI=1S/C7H8O5.C3H6/c8-6(9)1-2-7(10)12-4-5-3-11-5;1-3-2/h1-2,5H,3-4H2,(H,8,9);3H,1H2,2H3. The van der Waals surface area contributed by atoms with Crippen molar-refractivity contribution in [2.24, 2.45) is 0 Å². The molecule has 0 saturated carbocycles. The summed E-state index contributed by atoms with van der Waals surface area (Å²) < 4.78 is 9.37. The third-order valence-electron chi connectivity index (χ3n) is 1.18. The Hall–Kier alpha value is -1.62. The number of hydrogen-bond donors (Lipinski definition) is 1. The number of epoxide rings is 1. The Kier molecular flexibility index (Phi) is 6.92. The molecule has 0 bridgehead atoms. The molecule has 5 heteroatoms. The van der Waals surface area contributed by atoms with E-state index in [2.05, 4.69) is 11.3 Å². The molecule has 0 aromatic carbocycles. The Labute approximate surface area is 88.0 Å². The predicted molar refractivity (Wildman–Crippen MR) is 53.3 cm³/mol. The lowest BCUT2D eigenvalue weighted by molar-refractivity contribution is -0.139. The SMILES string of the molecule is C=CC.O=C(O)C=CC(=O)OCC1CO1. The second-order valence-electron chi connectivity index (χ2n) is 2.67. The van der Waals surface area contributed by atoms with E-state index in [1.165, 1.54) is 0 Å². The van der Waals surface area contributed by atoms with Gasteiger partial charge in [0.15, 0.2) is 0 Å². The zero-order valence-electron chi connectivity index (χ0n) is 8.51. The van der Waals surface area contributed by atoms with Crippen molar-refractivity contribution >= 4 is 11.9 Å². The van der Waals surface area contributed by atoms with Crippen molar-refractivity contribution in [3.05, 3.63) is 24.8 Å². The van der Waals surface area contributed by atoms with Gasteiger partial charge in [0.1, 0.15) is 12.7 Å². The molecular formula is C10H14O5. The number of carboxylic acids is 1. The lowest BCUT2D eigenvalue weighted by Crippen LogP contribution is -2.07. The van der Waals surface area contributed by atoms with Gasteiger partial charge < -0.3 is 14.6 Å². The smallest absolute Gasteiger partial charge is 0.331 e. The van der Waals surface area contributed by atoms with Gasteiger partial charge >= 0.3 is 11.9 Å². The van der Waals surface area contributed by atoms with Crippen molar-refractivity contribution in [3.8, 4) is 0 Å². The summed E-state index contributed by atoms with van der Waals surface area (Å²) >= 11 is 0. The fourth-order valence-electron chi connectivity index (χ4n) is 0.527. The van der Waals surface area contributed by atoms with Crippen LogP contribution in [-0.4, -0.2) is 36.4 Å². The fraction of sp³-hybridized carbons (Fsp3) is 0.400. The minimum atomic E-state index is -1.17. The van der Waals surface area contributed by atoms with Crippen LogP contribution in [0.2, 0.25) is 0 Å². The van der Waals surface area contributed by atoms with Gasteiger partial charge in [0.25, 0.3) is 0 Å². The highest BCUT2D eigenvalue weighted by atomic mass is 16.6. The second-order valence-corrected chi connectivity index (χ2v) is 2.67. The molecule has 15 heavy (non-hydrogen) atoms. The van der Waals surface area contributed by atoms with Crippen molar-refractivity contribution < 1.29 is 24.2 Å². The van der Waals surface area contributed by atoms with E-state index in [-0.39, 0.29) is 12.7 Å². The summed E-state index contributed by atoms with van der Waals surface area (Å²) in [6, 6.07) is 0. The van der Waals surface area contributed by atoms with Gasteiger partial charge in [-0.3, -0.25) is 0 Å². The number of ether oxygens (including phenoxy) is 2. The van der Waals surface area contributed by atoms with Crippen LogP contribution in [0.5, 0.6) is 0 Å². The van der Waals surface area contributed by atoms with Gasteiger partial charge in [-0.25, -0.2) is 9.59 Å². The van der Waals surface area contributed by atoms with Crippen LogP contribution in [0.3, 0.4) is 0 Å². The molecule has 1 saturated heterocycles. The molecule has 0 amide bonds. The number of carbonyl (C=O) groups excluding carboxylic acids is 1. The Morgan fingerprint density at radius 1 is 1.60 bits per heavy atom. The largest absolute Gasteiger partial charge is 0.478 e. The molecule has 1 aliphatic heterocycles. The van der Waals surface area contributed by atoms with E-state index in [0.717, 1.165) is 12.2 Å². The van der Waals surface area contributed by atoms with E-state index in [4.69, 9.17) is 9.84 Å². The predicted octanol–water partition coefficient (Wildman–Crippen LogP) is 0.761. The Morgan fingerprint density at radius 2 is 2.13 bits per heavy atom. The third kappa shape index (κ3) is 10.3. The summed E-state index contributed by atoms with van der Waals surface area (Å²) in [5, 5.41) is 8.13. The summed E-state index contributed by atoms with van der Waals surface area (Å²) in [7, 11) is 0. The molecule has 1 unspecified atom stereocenters. The molecule has 1 heterocycles. The molecule has 84 valence electrons. The van der Waals surface area contributed by atoms with Crippen LogP contribution in [0, 0.1) is 0 Å². The molecule has 0 aliphatic carbocycles. The van der Waals surface area contributed by atoms with Gasteiger partial charge in [-0.2, -0.15) is 0 Å². The van der Waals surface area contributed by atoms with E-state index in [9.17, 15) is 9.59 Å². The van der Waals surface area contributed by atoms with Crippen LogP contribution in [0.4, 0.5) is 0 Å². The van der Waals surface area contributed by atoms with Crippen LogP contribution >= 0.6 is 0 Å². The maximum atomic E-state index is 10.7. The Balaban J connectivity index is 0.000000583. The molecule has 0 radical (unpaired) electrons. The summed E-state index contributed by atoms with van der Waals surface area (Å²) in [4.78, 5) is 20.6. The molecule has 5 nitrogen and oxygen atoms in total. The minimum absolute atomic E-state index is 0.00665. The lowest BCUT2D eigenvalue weighted by Gasteiger charge is -1.95. The number of esters is 1. The minimum Gasteiger partial charge on any atom is -0.478 e. The normalized spacial score (nSPS) is 17.5. The van der Waals surface area contributed by atoms with Crippen LogP contribution in [0.25, 0.3) is 0 Å². The molecular weight excluding hydrogens is 200 g/mol. The number of carboxylic acid groups (broad SMARTS) is 1. The van der Waals surface area contributed by atoms with E-state index in [0.29, 0.717) is 6.61 Å². The number of allylic oxidation sites excluding steroid dienone is 1. The van der Waals surface area contributed by atoms with Crippen molar-refractivity contribution in [3.63, 3.8) is 0 Å². The number of carbonyl (C=O) groups is 2. The highest BCUT2D eigenvalue weighted by molar-refractivity contribution is 5.90. The third-order valence-corrected chi connectivity index (χ3v) is 1.18. The summed E-state index contributed by atoms with van der Waals surface area (Å²) in [6.07, 6.45) is 3.35. The van der Waals surface area contributed by atoms with Crippen LogP contribution < -0.4 is 0 Å². The summed E-state index contributed by atoms with van der Waals surface area (Å²) in [5.74, 6) is -1.83. The van der Waals surface area contributed by atoms with E-state index in [1.54, 1.807) is 6.08 Å². The van der Waals surface area contributed by atoms with Gasteiger partial charge in [-0.15, -0.1) is 6.58 Å². The first-order valence-corrected chi connectivity index (χ1v) is 4.36. The first-order valence-electron chi connectivity index (χ1n) is 4.36. The monoisotopic (exact) mass is 214 g/mol. The lowest BCUT2D eigenvalue weighted by atomic mass is 10.5. The summed E-state index contributed by atoms with van der Waals surface area (Å²) in [5.41, 5.74) is 0. The first kappa shape index (κ1) is 13.4. The van der Waals surface area contributed by atoms with Gasteiger partial charge in [-0.05, 0) is 6.92 Å². The zero-order valence-corrected chi connectivity index (χ0v) is 8.51. The molecule has 1 atom stereocenters. The number of hydrogen-bond acceptors (Lipinski definition) is 4. The molecule has 1 aliphatic rings. The highest BCUT2D eigenvalue weighted by Gasteiger charge is 2.23. The molecule has 0 spiro atoms. The fourth-order valence-corrected chi connectivity index (χ4v) is 0.527. The van der Waals surface area contributed by atoms with Crippen LogP contribution in [-0.2, 0) is 19.1 Å². The average molecular weight is 214 g/mol. The molecule has 1 rings (SSSR count). The maximum Gasteiger partial charge on any atom is 0.331 e. The van der Waals surface area contributed by atoms with Crippen LogP contribution in [0.15, 0.2) is 24.8 Å². The first-order chi connectivity index (χ1) is 7.10. The Bertz CT molecular complexity index is 253. The van der Waals surface area contributed by atoms with E-state index in [1.807, 2.05) is 6.92 Å². The van der Waals surface area contributed by atoms with Crippen LogP contribution in [0.1, 0.15) is 6.92 Å². The van der Waals surface area contributed by atoms with Gasteiger partial charge in [0.05, 0.1) is 6.61 Å². The van der Waals surface area contributed by atoms with Gasteiger partial charge in [-0.1, -0.05) is 6.08 Å². The van der Waals surface area contributed by atoms with Gasteiger partial charge in [0, 0.05) is 12.2 Å². The molecule has 0 aromatic heterocycles. The van der Waals surface area contributed by atoms with E-state index < -0.39 is 11.9 Å². The zero-order chi connectivity index (χ0) is 11.7. The average Bonchev–Trinajstić information content (AvgIpc) is 2.96.